The predicted molar refractivity (Wildman–Crippen MR) is 59.3 cm³/mol. The molecular weight excluding hydrogens is 190 g/mol. The van der Waals surface area contributed by atoms with Gasteiger partial charge in [-0.25, -0.2) is 4.98 Å². The van der Waals surface area contributed by atoms with E-state index in [9.17, 15) is 4.79 Å². The summed E-state index contributed by atoms with van der Waals surface area (Å²) in [4.78, 5) is 16.2. The molecule has 80 valence electrons. The van der Waals surface area contributed by atoms with Crippen molar-refractivity contribution in [3.63, 3.8) is 0 Å². The first-order valence-corrected chi connectivity index (χ1v) is 5.06. The molecule has 0 aliphatic heterocycles. The van der Waals surface area contributed by atoms with E-state index in [0.29, 0.717) is 5.78 Å². The van der Waals surface area contributed by atoms with Crippen LogP contribution in [0.4, 0.5) is 0 Å². The maximum absolute atomic E-state index is 11.9. The van der Waals surface area contributed by atoms with Gasteiger partial charge in [-0.15, -0.1) is 0 Å². The third-order valence-electron chi connectivity index (χ3n) is 2.58. The van der Waals surface area contributed by atoms with Gasteiger partial charge in [0.15, 0.2) is 0 Å². The highest BCUT2D eigenvalue weighted by Crippen LogP contribution is 2.10. The maximum Gasteiger partial charge on any atom is 0.258 e. The molecule has 0 aliphatic carbocycles. The van der Waals surface area contributed by atoms with Crippen LogP contribution >= 0.6 is 0 Å². The number of aryl methyl sites for hydroxylation is 2. The normalized spacial score (nSPS) is 11.5. The summed E-state index contributed by atoms with van der Waals surface area (Å²) in [6.45, 7) is 5.96. The number of fused-ring (bicyclic) bond motifs is 1. The van der Waals surface area contributed by atoms with E-state index < -0.39 is 0 Å². The van der Waals surface area contributed by atoms with E-state index >= 15 is 0 Å². The SMILES string of the molecule is Cc1cn2cc(C(C)C)c(=O)n(C)c2n1. The molecule has 2 aromatic rings. The summed E-state index contributed by atoms with van der Waals surface area (Å²) in [6.07, 6.45) is 3.81. The number of nitrogens with zero attached hydrogens (tertiary/aromatic N) is 3. The summed E-state index contributed by atoms with van der Waals surface area (Å²) < 4.78 is 3.51. The van der Waals surface area contributed by atoms with Gasteiger partial charge in [-0.05, 0) is 12.8 Å². The Labute approximate surface area is 88.2 Å². The summed E-state index contributed by atoms with van der Waals surface area (Å²) in [5, 5.41) is 0. The second-order valence-electron chi connectivity index (χ2n) is 4.19. The van der Waals surface area contributed by atoms with Gasteiger partial charge in [0.2, 0.25) is 5.78 Å². The Morgan fingerprint density at radius 3 is 2.60 bits per heavy atom. The molecular formula is C11H15N3O. The zero-order valence-electron chi connectivity index (χ0n) is 9.48. The molecule has 0 bridgehead atoms. The van der Waals surface area contributed by atoms with Gasteiger partial charge in [0.1, 0.15) is 0 Å². The van der Waals surface area contributed by atoms with Crippen molar-refractivity contribution in [2.45, 2.75) is 26.7 Å². The van der Waals surface area contributed by atoms with Gasteiger partial charge in [-0.3, -0.25) is 13.8 Å². The Hall–Kier alpha value is -1.58. The summed E-state index contributed by atoms with van der Waals surface area (Å²) in [6, 6.07) is 0. The molecule has 0 saturated heterocycles. The van der Waals surface area contributed by atoms with E-state index in [2.05, 4.69) is 4.98 Å². The Morgan fingerprint density at radius 1 is 1.33 bits per heavy atom. The van der Waals surface area contributed by atoms with Gasteiger partial charge in [0.25, 0.3) is 5.56 Å². The average molecular weight is 205 g/mol. The van der Waals surface area contributed by atoms with Crippen molar-refractivity contribution in [1.29, 1.82) is 0 Å². The molecule has 0 aromatic carbocycles. The topological polar surface area (TPSA) is 39.3 Å². The third kappa shape index (κ3) is 1.46. The Balaban J connectivity index is 2.88. The molecule has 15 heavy (non-hydrogen) atoms. The van der Waals surface area contributed by atoms with Gasteiger partial charge in [0.05, 0.1) is 5.69 Å². The van der Waals surface area contributed by atoms with Gasteiger partial charge in [-0.2, -0.15) is 0 Å². The highest BCUT2D eigenvalue weighted by Gasteiger charge is 2.10. The standard InChI is InChI=1S/C11H15N3O/c1-7(2)9-6-14-5-8(3)12-11(14)13(4)10(9)15/h5-7H,1-4H3. The summed E-state index contributed by atoms with van der Waals surface area (Å²) in [5.74, 6) is 0.928. The monoisotopic (exact) mass is 205 g/mol. The van der Waals surface area contributed by atoms with Gasteiger partial charge < -0.3 is 0 Å². The highest BCUT2D eigenvalue weighted by molar-refractivity contribution is 5.34. The first kappa shape index (κ1) is 9.96. The van der Waals surface area contributed by atoms with Crippen LogP contribution in [0.15, 0.2) is 17.2 Å². The summed E-state index contributed by atoms with van der Waals surface area (Å²) in [5.41, 5.74) is 1.79. The third-order valence-corrected chi connectivity index (χ3v) is 2.58. The fourth-order valence-corrected chi connectivity index (χ4v) is 1.73. The molecule has 2 aromatic heterocycles. The van der Waals surface area contributed by atoms with E-state index in [1.165, 1.54) is 0 Å². The number of imidazole rings is 1. The maximum atomic E-state index is 11.9. The lowest BCUT2D eigenvalue weighted by molar-refractivity contribution is 0.763. The van der Waals surface area contributed by atoms with Crippen LogP contribution in [-0.2, 0) is 7.05 Å². The van der Waals surface area contributed by atoms with E-state index in [-0.39, 0.29) is 11.5 Å². The second kappa shape index (κ2) is 3.22. The summed E-state index contributed by atoms with van der Waals surface area (Å²) >= 11 is 0. The van der Waals surface area contributed by atoms with Crippen LogP contribution in [0.25, 0.3) is 5.78 Å². The Kier molecular flexibility index (Phi) is 2.14. The lowest BCUT2D eigenvalue weighted by Gasteiger charge is -2.08. The summed E-state index contributed by atoms with van der Waals surface area (Å²) in [7, 11) is 1.76. The van der Waals surface area contributed by atoms with Crippen LogP contribution in [-0.4, -0.2) is 14.0 Å². The van der Waals surface area contributed by atoms with Gasteiger partial charge >= 0.3 is 0 Å². The number of rotatable bonds is 1. The lowest BCUT2D eigenvalue weighted by Crippen LogP contribution is -2.24. The molecule has 0 spiro atoms. The largest absolute Gasteiger partial charge is 0.292 e. The van der Waals surface area contributed by atoms with E-state index in [1.54, 1.807) is 11.6 Å². The van der Waals surface area contributed by atoms with Crippen LogP contribution < -0.4 is 5.56 Å². The van der Waals surface area contributed by atoms with Crippen molar-refractivity contribution in [2.75, 3.05) is 0 Å². The lowest BCUT2D eigenvalue weighted by atomic mass is 10.1. The molecule has 2 rings (SSSR count). The van der Waals surface area contributed by atoms with Crippen LogP contribution in [0, 0.1) is 6.92 Å². The first-order valence-electron chi connectivity index (χ1n) is 5.06. The molecule has 0 N–H and O–H groups in total. The minimum absolute atomic E-state index is 0.0445. The van der Waals surface area contributed by atoms with Gasteiger partial charge in [-0.1, -0.05) is 13.8 Å². The van der Waals surface area contributed by atoms with Crippen LogP contribution in [0.3, 0.4) is 0 Å². The van der Waals surface area contributed by atoms with E-state index in [1.807, 2.05) is 37.6 Å². The molecule has 0 aliphatic rings. The average Bonchev–Trinajstić information content (AvgIpc) is 2.52. The number of hydrogen-bond acceptors (Lipinski definition) is 2. The van der Waals surface area contributed by atoms with Gasteiger partial charge in [0, 0.05) is 25.0 Å². The van der Waals surface area contributed by atoms with E-state index in [4.69, 9.17) is 0 Å². The quantitative estimate of drug-likeness (QED) is 0.707. The first-order chi connectivity index (χ1) is 7.00. The molecule has 4 heteroatoms. The number of aromatic nitrogens is 3. The zero-order chi connectivity index (χ0) is 11.2. The fourth-order valence-electron chi connectivity index (χ4n) is 1.73. The molecule has 4 nitrogen and oxygen atoms in total. The molecule has 0 amide bonds. The minimum Gasteiger partial charge on any atom is -0.292 e. The smallest absolute Gasteiger partial charge is 0.258 e. The second-order valence-corrected chi connectivity index (χ2v) is 4.19. The minimum atomic E-state index is 0.0445. The van der Waals surface area contributed by atoms with Crippen molar-refractivity contribution >= 4 is 5.78 Å². The molecule has 0 atom stereocenters. The van der Waals surface area contributed by atoms with Crippen LogP contribution in [0.5, 0.6) is 0 Å². The molecule has 0 unspecified atom stereocenters. The molecule has 2 heterocycles. The van der Waals surface area contributed by atoms with Crippen molar-refractivity contribution < 1.29 is 0 Å². The highest BCUT2D eigenvalue weighted by atomic mass is 16.1. The Morgan fingerprint density at radius 2 is 2.00 bits per heavy atom. The number of hydrogen-bond donors (Lipinski definition) is 0. The van der Waals surface area contributed by atoms with Crippen molar-refractivity contribution in [3.8, 4) is 0 Å². The molecule has 0 radical (unpaired) electrons. The molecule has 0 fully saturated rings. The van der Waals surface area contributed by atoms with Crippen molar-refractivity contribution in [1.82, 2.24) is 14.0 Å². The van der Waals surface area contributed by atoms with Crippen LogP contribution in [0.1, 0.15) is 31.0 Å². The fraction of sp³-hybridized carbons (Fsp3) is 0.455. The zero-order valence-corrected chi connectivity index (χ0v) is 9.48. The van der Waals surface area contributed by atoms with Crippen molar-refractivity contribution in [2.24, 2.45) is 7.05 Å². The predicted octanol–water partition coefficient (Wildman–Crippen LogP) is 1.46. The van der Waals surface area contributed by atoms with Crippen molar-refractivity contribution in [3.05, 3.63) is 34.0 Å². The Bertz CT molecular complexity index is 563. The van der Waals surface area contributed by atoms with E-state index in [0.717, 1.165) is 11.3 Å². The molecule has 0 saturated carbocycles. The van der Waals surface area contributed by atoms with Crippen LogP contribution in [0.2, 0.25) is 0 Å².